The molecule has 0 bridgehead atoms. The molecular formula is C14H22ClNOS. The Hall–Kier alpha value is -0.380. The molecule has 1 aromatic rings. The minimum atomic E-state index is 0.507. The Kier molecular flexibility index (Phi) is 7.56. The van der Waals surface area contributed by atoms with Crippen LogP contribution in [0.2, 0.25) is 5.02 Å². The fraction of sp³-hybridized carbons (Fsp3) is 0.571. The Balaban J connectivity index is 2.44. The first-order valence-electron chi connectivity index (χ1n) is 6.31. The molecule has 0 fully saturated rings. The van der Waals surface area contributed by atoms with Crippen LogP contribution in [-0.4, -0.2) is 24.7 Å². The lowest BCUT2D eigenvalue weighted by atomic mass is 10.1. The summed E-state index contributed by atoms with van der Waals surface area (Å²) in [6, 6.07) is 6.23. The van der Waals surface area contributed by atoms with Crippen molar-refractivity contribution in [2.75, 3.05) is 18.6 Å². The number of nitrogens with one attached hydrogen (secondary N) is 1. The van der Waals surface area contributed by atoms with E-state index in [1.165, 1.54) is 17.9 Å². The van der Waals surface area contributed by atoms with E-state index in [4.69, 9.17) is 16.3 Å². The SMILES string of the molecule is CCSCCC(C)NCc1cc(Cl)ccc1OC. The third kappa shape index (κ3) is 5.51. The van der Waals surface area contributed by atoms with Crippen LogP contribution >= 0.6 is 23.4 Å². The zero-order chi connectivity index (χ0) is 13.4. The Labute approximate surface area is 119 Å². The second-order valence-corrected chi connectivity index (χ2v) is 6.05. The quantitative estimate of drug-likeness (QED) is 0.731. The topological polar surface area (TPSA) is 21.3 Å². The minimum absolute atomic E-state index is 0.507. The molecule has 18 heavy (non-hydrogen) atoms. The van der Waals surface area contributed by atoms with E-state index in [0.717, 1.165) is 22.9 Å². The van der Waals surface area contributed by atoms with Crippen molar-refractivity contribution in [2.45, 2.75) is 32.9 Å². The van der Waals surface area contributed by atoms with Gasteiger partial charge >= 0.3 is 0 Å². The molecule has 1 rings (SSSR count). The Bertz CT molecular complexity index is 360. The zero-order valence-corrected chi connectivity index (χ0v) is 12.9. The predicted octanol–water partition coefficient (Wildman–Crippen LogP) is 3.97. The van der Waals surface area contributed by atoms with Crippen molar-refractivity contribution < 1.29 is 4.74 Å². The van der Waals surface area contributed by atoms with Crippen LogP contribution in [0, 0.1) is 0 Å². The van der Waals surface area contributed by atoms with Gasteiger partial charge in [0.15, 0.2) is 0 Å². The summed E-state index contributed by atoms with van der Waals surface area (Å²) in [7, 11) is 1.69. The Morgan fingerprint density at radius 3 is 2.89 bits per heavy atom. The van der Waals surface area contributed by atoms with E-state index < -0.39 is 0 Å². The van der Waals surface area contributed by atoms with Crippen LogP contribution in [0.25, 0.3) is 0 Å². The molecule has 0 aromatic heterocycles. The molecule has 0 saturated carbocycles. The molecule has 0 spiro atoms. The van der Waals surface area contributed by atoms with Crippen LogP contribution < -0.4 is 10.1 Å². The van der Waals surface area contributed by atoms with E-state index in [1.54, 1.807) is 7.11 Å². The highest BCUT2D eigenvalue weighted by atomic mass is 35.5. The Morgan fingerprint density at radius 1 is 1.44 bits per heavy atom. The summed E-state index contributed by atoms with van der Waals surface area (Å²) in [6.45, 7) is 5.20. The second-order valence-electron chi connectivity index (χ2n) is 4.22. The van der Waals surface area contributed by atoms with Gasteiger partial charge in [0.2, 0.25) is 0 Å². The molecular weight excluding hydrogens is 266 g/mol. The number of hydrogen-bond donors (Lipinski definition) is 1. The van der Waals surface area contributed by atoms with Gasteiger partial charge in [-0.1, -0.05) is 18.5 Å². The van der Waals surface area contributed by atoms with Gasteiger partial charge in [-0.3, -0.25) is 0 Å². The zero-order valence-electron chi connectivity index (χ0n) is 11.3. The number of rotatable bonds is 8. The maximum absolute atomic E-state index is 6.00. The fourth-order valence-corrected chi connectivity index (χ4v) is 2.68. The highest BCUT2D eigenvalue weighted by Crippen LogP contribution is 2.22. The first kappa shape index (κ1) is 15.7. The summed E-state index contributed by atoms with van der Waals surface area (Å²) in [4.78, 5) is 0. The molecule has 0 aliphatic rings. The van der Waals surface area contributed by atoms with Gasteiger partial charge in [0.05, 0.1) is 7.11 Å². The average Bonchev–Trinajstić information content (AvgIpc) is 2.37. The van der Waals surface area contributed by atoms with Gasteiger partial charge in [-0.2, -0.15) is 11.8 Å². The van der Waals surface area contributed by atoms with E-state index in [0.29, 0.717) is 6.04 Å². The third-order valence-corrected chi connectivity index (χ3v) is 3.95. The van der Waals surface area contributed by atoms with Crippen molar-refractivity contribution in [1.82, 2.24) is 5.32 Å². The largest absolute Gasteiger partial charge is 0.496 e. The lowest BCUT2D eigenvalue weighted by molar-refractivity contribution is 0.405. The maximum Gasteiger partial charge on any atom is 0.123 e. The number of benzene rings is 1. The van der Waals surface area contributed by atoms with Gasteiger partial charge in [0.1, 0.15) is 5.75 Å². The molecule has 1 unspecified atom stereocenters. The highest BCUT2D eigenvalue weighted by Gasteiger charge is 2.06. The van der Waals surface area contributed by atoms with Gasteiger partial charge in [-0.25, -0.2) is 0 Å². The van der Waals surface area contributed by atoms with Gasteiger partial charge in [0.25, 0.3) is 0 Å². The highest BCUT2D eigenvalue weighted by molar-refractivity contribution is 7.99. The molecule has 1 aromatic carbocycles. The summed E-state index contributed by atoms with van der Waals surface area (Å²) in [5.74, 6) is 3.29. The number of hydrogen-bond acceptors (Lipinski definition) is 3. The summed E-state index contributed by atoms with van der Waals surface area (Å²) in [5, 5.41) is 4.26. The third-order valence-electron chi connectivity index (χ3n) is 2.78. The van der Waals surface area contributed by atoms with Crippen LogP contribution in [0.15, 0.2) is 18.2 Å². The van der Waals surface area contributed by atoms with Crippen LogP contribution in [-0.2, 0) is 6.54 Å². The van der Waals surface area contributed by atoms with E-state index in [-0.39, 0.29) is 0 Å². The molecule has 1 N–H and O–H groups in total. The van der Waals surface area contributed by atoms with Gasteiger partial charge in [0, 0.05) is 23.2 Å². The van der Waals surface area contributed by atoms with Crippen LogP contribution in [0.3, 0.4) is 0 Å². The predicted molar refractivity (Wildman–Crippen MR) is 81.9 cm³/mol. The van der Waals surface area contributed by atoms with Gasteiger partial charge in [-0.05, 0) is 43.0 Å². The van der Waals surface area contributed by atoms with Crippen LogP contribution in [0.4, 0.5) is 0 Å². The molecule has 2 nitrogen and oxygen atoms in total. The van der Waals surface area contributed by atoms with Crippen molar-refractivity contribution in [2.24, 2.45) is 0 Å². The number of thioether (sulfide) groups is 1. The first-order chi connectivity index (χ1) is 8.67. The van der Waals surface area contributed by atoms with Crippen molar-refractivity contribution in [3.63, 3.8) is 0 Å². The number of halogens is 1. The lowest BCUT2D eigenvalue weighted by Gasteiger charge is -2.15. The van der Waals surface area contributed by atoms with Crippen molar-refractivity contribution in [3.05, 3.63) is 28.8 Å². The van der Waals surface area contributed by atoms with E-state index in [9.17, 15) is 0 Å². The van der Waals surface area contributed by atoms with E-state index >= 15 is 0 Å². The normalized spacial score (nSPS) is 12.4. The molecule has 0 heterocycles. The van der Waals surface area contributed by atoms with Crippen molar-refractivity contribution >= 4 is 23.4 Å². The second kappa shape index (κ2) is 8.68. The number of ether oxygens (including phenoxy) is 1. The standard InChI is InChI=1S/C14H22ClNOS/c1-4-18-8-7-11(2)16-10-12-9-13(15)5-6-14(12)17-3/h5-6,9,11,16H,4,7-8,10H2,1-3H3. The van der Waals surface area contributed by atoms with Gasteiger partial charge in [-0.15, -0.1) is 0 Å². The van der Waals surface area contributed by atoms with Crippen LogP contribution in [0.5, 0.6) is 5.75 Å². The molecule has 0 saturated heterocycles. The summed E-state index contributed by atoms with van der Waals surface area (Å²) in [6.07, 6.45) is 1.18. The molecule has 102 valence electrons. The monoisotopic (exact) mass is 287 g/mol. The minimum Gasteiger partial charge on any atom is -0.496 e. The van der Waals surface area contributed by atoms with Gasteiger partial charge < -0.3 is 10.1 Å². The summed E-state index contributed by atoms with van der Waals surface area (Å²) in [5.41, 5.74) is 1.11. The molecule has 0 amide bonds. The number of methoxy groups -OCH3 is 1. The fourth-order valence-electron chi connectivity index (χ4n) is 1.68. The summed E-state index contributed by atoms with van der Waals surface area (Å²) < 4.78 is 5.33. The van der Waals surface area contributed by atoms with Crippen molar-refractivity contribution in [3.8, 4) is 5.75 Å². The van der Waals surface area contributed by atoms with E-state index in [1.807, 2.05) is 30.0 Å². The first-order valence-corrected chi connectivity index (χ1v) is 7.84. The molecule has 1 atom stereocenters. The smallest absolute Gasteiger partial charge is 0.123 e. The molecule has 0 aliphatic heterocycles. The van der Waals surface area contributed by atoms with Crippen LogP contribution in [0.1, 0.15) is 25.8 Å². The molecule has 0 aliphatic carbocycles. The summed E-state index contributed by atoms with van der Waals surface area (Å²) >= 11 is 7.99. The lowest BCUT2D eigenvalue weighted by Crippen LogP contribution is -2.26. The maximum atomic E-state index is 6.00. The average molecular weight is 288 g/mol. The van der Waals surface area contributed by atoms with E-state index in [2.05, 4.69) is 19.2 Å². The molecule has 0 radical (unpaired) electrons. The Morgan fingerprint density at radius 2 is 2.22 bits per heavy atom. The van der Waals surface area contributed by atoms with Crippen molar-refractivity contribution in [1.29, 1.82) is 0 Å². The molecule has 4 heteroatoms.